The second-order valence-electron chi connectivity index (χ2n) is 13.9. The van der Waals surface area contributed by atoms with Crippen LogP contribution in [0.15, 0.2) is 47.7 Å². The smallest absolute Gasteiger partial charge is 0.410 e. The highest BCUT2D eigenvalue weighted by Gasteiger charge is 2.65. The Labute approximate surface area is 307 Å². The average Bonchev–Trinajstić information content (AvgIpc) is 3.15. The number of hydrogen-bond acceptors (Lipinski definition) is 12. The number of aliphatic hydroxyl groups is 3. The third-order valence-electron chi connectivity index (χ3n) is 10.7. The van der Waals surface area contributed by atoms with Gasteiger partial charge in [-0.2, -0.15) is 0 Å². The van der Waals surface area contributed by atoms with Crippen LogP contribution in [0.5, 0.6) is 11.5 Å². The summed E-state index contributed by atoms with van der Waals surface area (Å²) in [5, 5.41) is 44.6. The number of phenols is 1. The van der Waals surface area contributed by atoms with Gasteiger partial charge in [-0.3, -0.25) is 4.90 Å². The number of hydrogen-bond donors (Lipinski definition) is 4. The van der Waals surface area contributed by atoms with Crippen LogP contribution in [0.25, 0.3) is 0 Å². The lowest BCUT2D eigenvalue weighted by Gasteiger charge is -2.59. The van der Waals surface area contributed by atoms with Crippen LogP contribution in [0, 0.1) is 17.8 Å². The Bertz CT molecular complexity index is 1370. The van der Waals surface area contributed by atoms with Crippen LogP contribution >= 0.6 is 0 Å². The van der Waals surface area contributed by atoms with Gasteiger partial charge in [0, 0.05) is 44.1 Å². The first-order valence-electron chi connectivity index (χ1n) is 19.1. The fourth-order valence-corrected chi connectivity index (χ4v) is 8.48. The largest absolute Gasteiger partial charge is 0.508 e. The number of allylic oxidation sites excluding steroid dienone is 1. The van der Waals surface area contributed by atoms with Gasteiger partial charge in [0.25, 0.3) is 0 Å². The lowest BCUT2D eigenvalue weighted by Crippen LogP contribution is -2.70. The van der Waals surface area contributed by atoms with E-state index in [1.807, 2.05) is 0 Å². The third-order valence-corrected chi connectivity index (χ3v) is 10.7. The molecule has 2 heterocycles. The van der Waals surface area contributed by atoms with Crippen LogP contribution in [-0.4, -0.2) is 115 Å². The minimum atomic E-state index is -1.45. The summed E-state index contributed by atoms with van der Waals surface area (Å²) in [6, 6.07) is 4.33. The van der Waals surface area contributed by atoms with E-state index in [2.05, 4.69) is 12.7 Å². The Balaban J connectivity index is 1.73. The number of unbranched alkanes of at least 4 members (excludes halogenated alkanes) is 2. The van der Waals surface area contributed by atoms with E-state index in [1.54, 1.807) is 36.1 Å². The van der Waals surface area contributed by atoms with Gasteiger partial charge in [-0.05, 0) is 81.1 Å². The zero-order chi connectivity index (χ0) is 36.9. The maximum atomic E-state index is 14.0. The van der Waals surface area contributed by atoms with Crippen LogP contribution < -0.4 is 4.74 Å². The molecule has 2 aliphatic heterocycles. The molecule has 1 aromatic carbocycles. The molecule has 0 bridgehead atoms. The van der Waals surface area contributed by atoms with E-state index in [4.69, 9.17) is 33.7 Å². The standard InChI is InChI=1S/C39H58N2O11/c1-3-20-50-39-34(41(38(46)48-4-2)16-22-47-23-19-44)26-32(40-52-35-13-7-10-21-49-35)30-24-27(11-5-8-17-42)29(12-6-9-18-43)36(37(30)39)31-25-28(45)14-15-33(31)51-39/h3,14-15,24-25,27,29,34-37,42-45H,1,4-13,16-23,26H2,2H3. The van der Waals surface area contributed by atoms with Crippen molar-refractivity contribution in [1.82, 2.24) is 4.90 Å². The molecule has 0 aromatic heterocycles. The molecule has 7 atom stereocenters. The minimum absolute atomic E-state index is 0.0293. The van der Waals surface area contributed by atoms with Gasteiger partial charge in [0.15, 0.2) is 0 Å². The summed E-state index contributed by atoms with van der Waals surface area (Å²) in [5.74, 6) is -1.48. The molecule has 13 nitrogen and oxygen atoms in total. The van der Waals surface area contributed by atoms with E-state index < -0.39 is 30.1 Å². The highest BCUT2D eigenvalue weighted by atomic mass is 16.8. The number of carbonyl (C=O) groups excluding carboxylic acids is 1. The second kappa shape index (κ2) is 19.8. The van der Waals surface area contributed by atoms with Crippen molar-refractivity contribution >= 4 is 11.8 Å². The minimum Gasteiger partial charge on any atom is -0.508 e. The van der Waals surface area contributed by atoms with E-state index in [-0.39, 0.29) is 82.7 Å². The van der Waals surface area contributed by atoms with Crippen LogP contribution in [0.3, 0.4) is 0 Å². The molecule has 290 valence electrons. The summed E-state index contributed by atoms with van der Waals surface area (Å²) in [4.78, 5) is 21.7. The van der Waals surface area contributed by atoms with Crippen molar-refractivity contribution in [2.75, 3.05) is 59.4 Å². The molecule has 52 heavy (non-hydrogen) atoms. The molecule has 0 spiro atoms. The van der Waals surface area contributed by atoms with E-state index in [9.17, 15) is 25.2 Å². The Morgan fingerprint density at radius 1 is 1.10 bits per heavy atom. The maximum absolute atomic E-state index is 14.0. The maximum Gasteiger partial charge on any atom is 0.410 e. The zero-order valence-electron chi connectivity index (χ0n) is 30.5. The lowest BCUT2D eigenvalue weighted by molar-refractivity contribution is -0.256. The van der Waals surface area contributed by atoms with Gasteiger partial charge in [-0.25, -0.2) is 4.79 Å². The fraction of sp³-hybridized carbons (Fsp3) is 0.692. The number of carbonyl (C=O) groups is 1. The predicted octanol–water partition coefficient (Wildman–Crippen LogP) is 5.02. The highest BCUT2D eigenvalue weighted by molar-refractivity contribution is 6.03. The Morgan fingerprint density at radius 2 is 1.90 bits per heavy atom. The number of aromatic hydroxyl groups is 1. The van der Waals surface area contributed by atoms with Gasteiger partial charge in [-0.1, -0.05) is 30.1 Å². The van der Waals surface area contributed by atoms with Crippen molar-refractivity contribution in [2.24, 2.45) is 22.9 Å². The number of amides is 1. The number of benzene rings is 1. The Morgan fingerprint density at radius 3 is 2.62 bits per heavy atom. The number of oxime groups is 1. The lowest BCUT2D eigenvalue weighted by atomic mass is 9.55. The summed E-state index contributed by atoms with van der Waals surface area (Å²) in [7, 11) is 0. The van der Waals surface area contributed by atoms with Gasteiger partial charge >= 0.3 is 6.09 Å². The van der Waals surface area contributed by atoms with Gasteiger partial charge in [0.05, 0.1) is 51.3 Å². The van der Waals surface area contributed by atoms with Gasteiger partial charge < -0.3 is 48.9 Å². The third kappa shape index (κ3) is 9.11. The molecule has 1 saturated heterocycles. The quantitative estimate of drug-likeness (QED) is 0.0808. The normalized spacial score (nSPS) is 28.6. The molecule has 4 N–H and O–H groups in total. The van der Waals surface area contributed by atoms with Crippen LogP contribution in [0.4, 0.5) is 4.79 Å². The Kier molecular flexibility index (Phi) is 15.2. The molecule has 0 radical (unpaired) electrons. The van der Waals surface area contributed by atoms with Crippen molar-refractivity contribution in [3.05, 3.63) is 48.1 Å². The zero-order valence-corrected chi connectivity index (χ0v) is 30.5. The molecule has 1 saturated carbocycles. The molecule has 2 fully saturated rings. The highest BCUT2D eigenvalue weighted by Crippen LogP contribution is 2.61. The summed E-state index contributed by atoms with van der Waals surface area (Å²) >= 11 is 0. The monoisotopic (exact) mass is 730 g/mol. The first-order valence-corrected chi connectivity index (χ1v) is 19.1. The molecule has 1 aromatic rings. The van der Waals surface area contributed by atoms with Crippen molar-refractivity contribution in [3.63, 3.8) is 0 Å². The van der Waals surface area contributed by atoms with Crippen molar-refractivity contribution in [1.29, 1.82) is 0 Å². The number of rotatable bonds is 20. The van der Waals surface area contributed by atoms with Crippen molar-refractivity contribution in [2.45, 2.75) is 95.2 Å². The van der Waals surface area contributed by atoms with Gasteiger partial charge in [0.2, 0.25) is 12.1 Å². The molecule has 4 aliphatic rings. The predicted molar refractivity (Wildman–Crippen MR) is 193 cm³/mol. The molecular formula is C39H58N2O11. The molecule has 13 heteroatoms. The van der Waals surface area contributed by atoms with Crippen LogP contribution in [0.2, 0.25) is 0 Å². The van der Waals surface area contributed by atoms with Crippen LogP contribution in [0.1, 0.15) is 82.6 Å². The topological polar surface area (TPSA) is 169 Å². The summed E-state index contributed by atoms with van der Waals surface area (Å²) < 4.78 is 31.1. The SMILES string of the molecule is C=CCOC12Oc3ccc(O)cc3C3C(CCCCO)C(CCCCO)C=C(C(=NOC4CCCCO4)CC1N(CCOCCO)C(=O)OCC)C32. The molecule has 7 unspecified atom stereocenters. The number of ether oxygens (including phenoxy) is 5. The van der Waals surface area contributed by atoms with E-state index in [1.165, 1.54) is 0 Å². The van der Waals surface area contributed by atoms with Crippen molar-refractivity contribution in [3.8, 4) is 11.5 Å². The fourth-order valence-electron chi connectivity index (χ4n) is 8.48. The average molecular weight is 731 g/mol. The van der Waals surface area contributed by atoms with E-state index >= 15 is 0 Å². The number of nitrogens with zero attached hydrogens (tertiary/aromatic N) is 2. The van der Waals surface area contributed by atoms with Gasteiger partial charge in [0.1, 0.15) is 17.5 Å². The first-order chi connectivity index (χ1) is 25.4. The number of phenolic OH excluding ortho intramolecular Hbond substituents is 1. The molecule has 5 rings (SSSR count). The van der Waals surface area contributed by atoms with E-state index in [0.29, 0.717) is 37.3 Å². The summed E-state index contributed by atoms with van der Waals surface area (Å²) in [6.07, 6.45) is 10.2. The van der Waals surface area contributed by atoms with E-state index in [0.717, 1.165) is 49.7 Å². The number of fused-ring (bicyclic) bond motifs is 2. The van der Waals surface area contributed by atoms with Crippen LogP contribution in [-0.2, 0) is 23.8 Å². The summed E-state index contributed by atoms with van der Waals surface area (Å²) in [6.45, 7) is 6.93. The first kappa shape index (κ1) is 40.0. The summed E-state index contributed by atoms with van der Waals surface area (Å²) in [5.41, 5.74) is 2.37. The Hall–Kier alpha value is -3.20. The molecule has 1 amide bonds. The molecule has 2 aliphatic carbocycles. The van der Waals surface area contributed by atoms with Crippen molar-refractivity contribution < 1.29 is 53.7 Å². The van der Waals surface area contributed by atoms with Gasteiger partial charge in [-0.15, -0.1) is 6.58 Å². The number of aliphatic hydroxyl groups excluding tert-OH is 3. The molecular weight excluding hydrogens is 672 g/mol. The second-order valence-corrected chi connectivity index (χ2v) is 13.9.